The lowest BCUT2D eigenvalue weighted by atomic mass is 10.1. The zero-order valence-electron chi connectivity index (χ0n) is 12.4. The summed E-state index contributed by atoms with van der Waals surface area (Å²) in [6.07, 6.45) is 0. The summed E-state index contributed by atoms with van der Waals surface area (Å²) in [7, 11) is 5.62. The molecule has 2 N–H and O–H groups in total. The van der Waals surface area contributed by atoms with Gasteiger partial charge in [0.05, 0.1) is 12.2 Å². The van der Waals surface area contributed by atoms with E-state index >= 15 is 0 Å². The summed E-state index contributed by atoms with van der Waals surface area (Å²) in [6, 6.07) is 8.19. The number of hydrogen-bond acceptors (Lipinski definition) is 4. The minimum Gasteiger partial charge on any atom is -0.388 e. The second kappa shape index (κ2) is 7.60. The van der Waals surface area contributed by atoms with Crippen LogP contribution in [0.25, 0.3) is 0 Å². The molecule has 0 radical (unpaired) electrons. The van der Waals surface area contributed by atoms with Crippen LogP contribution in [0.15, 0.2) is 24.3 Å². The van der Waals surface area contributed by atoms with Gasteiger partial charge in [0.1, 0.15) is 0 Å². The highest BCUT2D eigenvalue weighted by Crippen LogP contribution is 2.10. The molecule has 0 fully saturated rings. The number of methoxy groups -OCH3 is 1. The van der Waals surface area contributed by atoms with Gasteiger partial charge in [0.15, 0.2) is 0 Å². The van der Waals surface area contributed by atoms with Crippen LogP contribution < -0.4 is 5.32 Å². The van der Waals surface area contributed by atoms with Gasteiger partial charge in [0, 0.05) is 26.7 Å². The van der Waals surface area contributed by atoms with Crippen LogP contribution in [-0.4, -0.2) is 49.9 Å². The molecule has 0 saturated carbocycles. The summed E-state index contributed by atoms with van der Waals surface area (Å²) >= 11 is 0. The molecule has 108 valence electrons. The Balaban J connectivity index is 2.49. The SMILES string of the molecule is COCc1ccccc1CNCC(C)(O)CN(C)C. The Morgan fingerprint density at radius 2 is 1.89 bits per heavy atom. The van der Waals surface area contributed by atoms with Gasteiger partial charge in [-0.15, -0.1) is 0 Å². The monoisotopic (exact) mass is 266 g/mol. The molecule has 1 atom stereocenters. The summed E-state index contributed by atoms with van der Waals surface area (Å²) in [5.74, 6) is 0. The highest BCUT2D eigenvalue weighted by atomic mass is 16.5. The molecule has 0 spiro atoms. The molecule has 0 aliphatic heterocycles. The van der Waals surface area contributed by atoms with Crippen LogP contribution in [-0.2, 0) is 17.9 Å². The topological polar surface area (TPSA) is 44.7 Å². The van der Waals surface area contributed by atoms with Gasteiger partial charge in [-0.2, -0.15) is 0 Å². The third-order valence-corrected chi connectivity index (χ3v) is 2.90. The maximum atomic E-state index is 10.2. The van der Waals surface area contributed by atoms with E-state index in [1.165, 1.54) is 11.1 Å². The van der Waals surface area contributed by atoms with Crippen LogP contribution >= 0.6 is 0 Å². The van der Waals surface area contributed by atoms with Gasteiger partial charge in [0.25, 0.3) is 0 Å². The molecule has 4 nitrogen and oxygen atoms in total. The van der Waals surface area contributed by atoms with Gasteiger partial charge in [-0.3, -0.25) is 0 Å². The van der Waals surface area contributed by atoms with Crippen molar-refractivity contribution in [3.8, 4) is 0 Å². The highest BCUT2D eigenvalue weighted by molar-refractivity contribution is 5.26. The second-order valence-electron chi connectivity index (χ2n) is 5.54. The van der Waals surface area contributed by atoms with Crippen molar-refractivity contribution in [1.29, 1.82) is 0 Å². The van der Waals surface area contributed by atoms with Gasteiger partial charge < -0.3 is 20.1 Å². The van der Waals surface area contributed by atoms with E-state index in [0.717, 1.165) is 6.54 Å². The molecule has 4 heteroatoms. The van der Waals surface area contributed by atoms with Gasteiger partial charge >= 0.3 is 0 Å². The minimum absolute atomic E-state index is 0.562. The van der Waals surface area contributed by atoms with Crippen molar-refractivity contribution >= 4 is 0 Å². The average Bonchev–Trinajstić information content (AvgIpc) is 2.29. The molecule has 0 aromatic heterocycles. The lowest BCUT2D eigenvalue weighted by Gasteiger charge is -2.27. The van der Waals surface area contributed by atoms with E-state index in [-0.39, 0.29) is 0 Å². The normalized spacial score (nSPS) is 14.6. The van der Waals surface area contributed by atoms with E-state index in [9.17, 15) is 5.11 Å². The lowest BCUT2D eigenvalue weighted by Crippen LogP contribution is -2.45. The number of nitrogens with one attached hydrogen (secondary N) is 1. The molecule has 1 rings (SSSR count). The molecule has 19 heavy (non-hydrogen) atoms. The molecule has 0 saturated heterocycles. The van der Waals surface area contributed by atoms with E-state index in [1.54, 1.807) is 7.11 Å². The van der Waals surface area contributed by atoms with Crippen LogP contribution in [0.5, 0.6) is 0 Å². The van der Waals surface area contributed by atoms with E-state index in [4.69, 9.17) is 4.74 Å². The fourth-order valence-electron chi connectivity index (χ4n) is 2.23. The molecule has 1 aromatic carbocycles. The van der Waals surface area contributed by atoms with Gasteiger partial charge in [-0.25, -0.2) is 0 Å². The molecular formula is C15H26N2O2. The van der Waals surface area contributed by atoms with Gasteiger partial charge in [-0.1, -0.05) is 24.3 Å². The number of rotatable bonds is 8. The Hall–Kier alpha value is -0.940. The Morgan fingerprint density at radius 1 is 1.26 bits per heavy atom. The number of aliphatic hydroxyl groups is 1. The Morgan fingerprint density at radius 3 is 2.47 bits per heavy atom. The zero-order chi connectivity index (χ0) is 14.3. The number of benzene rings is 1. The molecule has 1 unspecified atom stereocenters. The highest BCUT2D eigenvalue weighted by Gasteiger charge is 2.20. The summed E-state index contributed by atoms with van der Waals surface area (Å²) in [5.41, 5.74) is 1.68. The quantitative estimate of drug-likeness (QED) is 0.743. The first-order valence-corrected chi connectivity index (χ1v) is 6.58. The van der Waals surface area contributed by atoms with Crippen LogP contribution in [0.3, 0.4) is 0 Å². The number of likely N-dealkylation sites (N-methyl/N-ethyl adjacent to an activating group) is 1. The summed E-state index contributed by atoms with van der Waals surface area (Å²) in [4.78, 5) is 1.99. The summed E-state index contributed by atoms with van der Waals surface area (Å²) in [5, 5.41) is 13.5. The van der Waals surface area contributed by atoms with Crippen molar-refractivity contribution in [2.24, 2.45) is 0 Å². The molecule has 0 bridgehead atoms. The third kappa shape index (κ3) is 6.16. The molecule has 0 aliphatic carbocycles. The molecule has 0 amide bonds. The van der Waals surface area contributed by atoms with E-state index < -0.39 is 5.60 Å². The molecule has 0 aliphatic rings. The van der Waals surface area contributed by atoms with E-state index in [0.29, 0.717) is 19.7 Å². The maximum Gasteiger partial charge on any atom is 0.0869 e. The van der Waals surface area contributed by atoms with Crippen molar-refractivity contribution in [2.75, 3.05) is 34.3 Å². The first-order valence-electron chi connectivity index (χ1n) is 6.58. The van der Waals surface area contributed by atoms with Crippen LogP contribution in [0.1, 0.15) is 18.1 Å². The molecule has 1 aromatic rings. The number of hydrogen-bond donors (Lipinski definition) is 2. The predicted molar refractivity (Wildman–Crippen MR) is 78.0 cm³/mol. The Kier molecular flexibility index (Phi) is 6.45. The van der Waals surface area contributed by atoms with Crippen molar-refractivity contribution in [3.63, 3.8) is 0 Å². The van der Waals surface area contributed by atoms with Crippen LogP contribution in [0.4, 0.5) is 0 Å². The largest absolute Gasteiger partial charge is 0.388 e. The molecule has 0 heterocycles. The predicted octanol–water partition coefficient (Wildman–Crippen LogP) is 1.24. The summed E-state index contributed by atoms with van der Waals surface area (Å²) < 4.78 is 5.18. The zero-order valence-corrected chi connectivity index (χ0v) is 12.4. The van der Waals surface area contributed by atoms with Crippen molar-refractivity contribution in [1.82, 2.24) is 10.2 Å². The average molecular weight is 266 g/mol. The standard InChI is InChI=1S/C15H26N2O2/c1-15(18,12-17(2)3)11-16-9-13-7-5-6-8-14(13)10-19-4/h5-8,16,18H,9-12H2,1-4H3. The number of ether oxygens (including phenoxy) is 1. The van der Waals surface area contributed by atoms with Gasteiger partial charge in [0.2, 0.25) is 0 Å². The number of nitrogens with zero attached hydrogens (tertiary/aromatic N) is 1. The first-order chi connectivity index (χ1) is 8.94. The minimum atomic E-state index is -0.723. The fraction of sp³-hybridized carbons (Fsp3) is 0.600. The smallest absolute Gasteiger partial charge is 0.0869 e. The van der Waals surface area contributed by atoms with E-state index in [2.05, 4.69) is 17.4 Å². The molecular weight excluding hydrogens is 240 g/mol. The first kappa shape index (κ1) is 16.1. The van der Waals surface area contributed by atoms with Crippen molar-refractivity contribution in [2.45, 2.75) is 25.7 Å². The second-order valence-corrected chi connectivity index (χ2v) is 5.54. The summed E-state index contributed by atoms with van der Waals surface area (Å²) in [6.45, 7) is 4.41. The van der Waals surface area contributed by atoms with Gasteiger partial charge in [-0.05, 0) is 32.1 Å². The Labute approximate surface area is 116 Å². The fourth-order valence-corrected chi connectivity index (χ4v) is 2.23. The van der Waals surface area contributed by atoms with Crippen molar-refractivity contribution < 1.29 is 9.84 Å². The van der Waals surface area contributed by atoms with E-state index in [1.807, 2.05) is 38.1 Å². The third-order valence-electron chi connectivity index (χ3n) is 2.90. The Bertz CT molecular complexity index is 378. The van der Waals surface area contributed by atoms with Crippen LogP contribution in [0.2, 0.25) is 0 Å². The lowest BCUT2D eigenvalue weighted by molar-refractivity contribution is 0.0335. The maximum absolute atomic E-state index is 10.2. The van der Waals surface area contributed by atoms with Crippen LogP contribution in [0, 0.1) is 0 Å². The van der Waals surface area contributed by atoms with Crippen molar-refractivity contribution in [3.05, 3.63) is 35.4 Å².